The molecule has 1 aromatic heterocycles. The molecule has 0 saturated heterocycles. The Labute approximate surface area is 126 Å². The topological polar surface area (TPSA) is 51.2 Å². The van der Waals surface area contributed by atoms with Gasteiger partial charge in [-0.1, -0.05) is 35.9 Å². The van der Waals surface area contributed by atoms with Gasteiger partial charge in [-0.05, 0) is 36.2 Å². The Bertz CT molecular complexity index is 739. The first-order chi connectivity index (χ1) is 10.2. The van der Waals surface area contributed by atoms with E-state index in [2.05, 4.69) is 5.43 Å². The SMILES string of the molecule is NNC(Cc1ccc(Cl)c(F)c1)c1cc2ccccc2o1. The smallest absolute Gasteiger partial charge is 0.142 e. The number of furan rings is 1. The lowest BCUT2D eigenvalue weighted by molar-refractivity contribution is 0.434. The summed E-state index contributed by atoms with van der Waals surface area (Å²) in [5, 5.41) is 1.12. The van der Waals surface area contributed by atoms with Gasteiger partial charge in [0.1, 0.15) is 17.2 Å². The molecule has 1 unspecified atom stereocenters. The Morgan fingerprint density at radius 3 is 2.71 bits per heavy atom. The van der Waals surface area contributed by atoms with Crippen LogP contribution in [0.2, 0.25) is 5.02 Å². The molecule has 3 N–H and O–H groups in total. The molecule has 0 spiro atoms. The highest BCUT2D eigenvalue weighted by Crippen LogP contribution is 2.26. The quantitative estimate of drug-likeness (QED) is 0.566. The van der Waals surface area contributed by atoms with Crippen LogP contribution in [-0.2, 0) is 6.42 Å². The Morgan fingerprint density at radius 2 is 2.00 bits per heavy atom. The van der Waals surface area contributed by atoms with Gasteiger partial charge in [-0.3, -0.25) is 5.84 Å². The molecule has 1 atom stereocenters. The lowest BCUT2D eigenvalue weighted by Gasteiger charge is -2.13. The number of rotatable bonds is 4. The van der Waals surface area contributed by atoms with E-state index in [-0.39, 0.29) is 11.1 Å². The van der Waals surface area contributed by atoms with Gasteiger partial charge in [0.05, 0.1) is 11.1 Å². The molecule has 3 aromatic rings. The van der Waals surface area contributed by atoms with E-state index in [1.54, 1.807) is 12.1 Å². The molecule has 3 rings (SSSR count). The van der Waals surface area contributed by atoms with Crippen LogP contribution in [0.15, 0.2) is 52.9 Å². The molecule has 0 aliphatic rings. The van der Waals surface area contributed by atoms with E-state index in [9.17, 15) is 4.39 Å². The number of nitrogens with one attached hydrogen (secondary N) is 1. The van der Waals surface area contributed by atoms with E-state index in [1.807, 2.05) is 30.3 Å². The molecule has 3 nitrogen and oxygen atoms in total. The number of hydrazine groups is 1. The van der Waals surface area contributed by atoms with Crippen LogP contribution in [0.3, 0.4) is 0 Å². The predicted molar refractivity (Wildman–Crippen MR) is 81.4 cm³/mol. The summed E-state index contributed by atoms with van der Waals surface area (Å²) in [6, 6.07) is 14.2. The largest absolute Gasteiger partial charge is 0.459 e. The summed E-state index contributed by atoms with van der Waals surface area (Å²) >= 11 is 5.69. The molecule has 108 valence electrons. The Morgan fingerprint density at radius 1 is 1.19 bits per heavy atom. The van der Waals surface area contributed by atoms with Crippen LogP contribution >= 0.6 is 11.6 Å². The summed E-state index contributed by atoms with van der Waals surface area (Å²) in [5.41, 5.74) is 4.31. The first-order valence-corrected chi connectivity index (χ1v) is 6.93. The zero-order valence-electron chi connectivity index (χ0n) is 11.1. The molecular weight excluding hydrogens is 291 g/mol. The van der Waals surface area contributed by atoms with Gasteiger partial charge in [0.15, 0.2) is 0 Å². The van der Waals surface area contributed by atoms with Crippen molar-refractivity contribution < 1.29 is 8.81 Å². The third-order valence-corrected chi connectivity index (χ3v) is 3.72. The van der Waals surface area contributed by atoms with Crippen LogP contribution in [0.1, 0.15) is 17.4 Å². The minimum absolute atomic E-state index is 0.111. The highest BCUT2D eigenvalue weighted by Gasteiger charge is 2.16. The highest BCUT2D eigenvalue weighted by atomic mass is 35.5. The number of fused-ring (bicyclic) bond motifs is 1. The summed E-state index contributed by atoms with van der Waals surface area (Å²) in [4.78, 5) is 0. The lowest BCUT2D eigenvalue weighted by Crippen LogP contribution is -2.29. The van der Waals surface area contributed by atoms with Crippen molar-refractivity contribution >= 4 is 22.6 Å². The Balaban J connectivity index is 1.88. The van der Waals surface area contributed by atoms with Crippen molar-refractivity contribution in [3.63, 3.8) is 0 Å². The van der Waals surface area contributed by atoms with Crippen LogP contribution in [-0.4, -0.2) is 0 Å². The van der Waals surface area contributed by atoms with Crippen molar-refractivity contribution in [3.8, 4) is 0 Å². The zero-order valence-corrected chi connectivity index (χ0v) is 11.9. The molecular formula is C16H14ClFN2O. The standard InChI is InChI=1S/C16H14ClFN2O/c17-12-6-5-10(7-13(12)18)8-14(20-19)16-9-11-3-1-2-4-15(11)21-16/h1-7,9,14,20H,8,19H2. The van der Waals surface area contributed by atoms with E-state index < -0.39 is 5.82 Å². The number of benzene rings is 2. The van der Waals surface area contributed by atoms with Gasteiger partial charge in [0.25, 0.3) is 0 Å². The van der Waals surface area contributed by atoms with Crippen molar-refractivity contribution in [2.24, 2.45) is 5.84 Å². The maximum absolute atomic E-state index is 13.5. The van der Waals surface area contributed by atoms with Crippen molar-refractivity contribution in [1.29, 1.82) is 0 Å². The highest BCUT2D eigenvalue weighted by molar-refractivity contribution is 6.30. The fourth-order valence-corrected chi connectivity index (χ4v) is 2.44. The predicted octanol–water partition coefficient (Wildman–Crippen LogP) is 3.97. The fourth-order valence-electron chi connectivity index (χ4n) is 2.32. The van der Waals surface area contributed by atoms with Crippen LogP contribution < -0.4 is 11.3 Å². The fraction of sp³-hybridized carbons (Fsp3) is 0.125. The summed E-state index contributed by atoms with van der Waals surface area (Å²) in [6.07, 6.45) is 0.504. The third kappa shape index (κ3) is 2.93. The molecule has 21 heavy (non-hydrogen) atoms. The first kappa shape index (κ1) is 14.1. The summed E-state index contributed by atoms with van der Waals surface area (Å²) in [5.74, 6) is 5.89. The van der Waals surface area contributed by atoms with E-state index in [1.165, 1.54) is 6.07 Å². The third-order valence-electron chi connectivity index (χ3n) is 3.41. The van der Waals surface area contributed by atoms with Crippen molar-refractivity contribution in [2.75, 3.05) is 0 Å². The van der Waals surface area contributed by atoms with Crippen molar-refractivity contribution in [1.82, 2.24) is 5.43 Å². The molecule has 1 heterocycles. The van der Waals surface area contributed by atoms with Crippen LogP contribution in [0.4, 0.5) is 4.39 Å². The lowest BCUT2D eigenvalue weighted by atomic mass is 10.0. The van der Waals surface area contributed by atoms with Crippen LogP contribution in [0.5, 0.6) is 0 Å². The molecule has 0 bridgehead atoms. The summed E-state index contributed by atoms with van der Waals surface area (Å²) < 4.78 is 19.3. The van der Waals surface area contributed by atoms with Gasteiger partial charge < -0.3 is 4.42 Å². The normalized spacial score (nSPS) is 12.7. The van der Waals surface area contributed by atoms with E-state index in [0.717, 1.165) is 16.5 Å². The van der Waals surface area contributed by atoms with Gasteiger partial charge in [-0.15, -0.1) is 0 Å². The second-order valence-electron chi connectivity index (χ2n) is 4.86. The Kier molecular flexibility index (Phi) is 3.92. The second kappa shape index (κ2) is 5.85. The van der Waals surface area contributed by atoms with Gasteiger partial charge in [-0.2, -0.15) is 0 Å². The minimum atomic E-state index is -0.436. The molecule has 0 aliphatic carbocycles. The number of hydrogen-bond acceptors (Lipinski definition) is 3. The van der Waals surface area contributed by atoms with Crippen LogP contribution in [0, 0.1) is 5.82 Å². The van der Waals surface area contributed by atoms with Gasteiger partial charge in [0, 0.05) is 5.39 Å². The number of para-hydroxylation sites is 1. The average Bonchev–Trinajstić information content (AvgIpc) is 2.92. The van der Waals surface area contributed by atoms with Crippen molar-refractivity contribution in [2.45, 2.75) is 12.5 Å². The van der Waals surface area contributed by atoms with Crippen LogP contribution in [0.25, 0.3) is 11.0 Å². The second-order valence-corrected chi connectivity index (χ2v) is 5.27. The van der Waals surface area contributed by atoms with E-state index >= 15 is 0 Å². The molecule has 0 aliphatic heterocycles. The molecule has 0 amide bonds. The number of hydrogen-bond donors (Lipinski definition) is 2. The molecule has 2 aromatic carbocycles. The van der Waals surface area contributed by atoms with Crippen molar-refractivity contribution in [3.05, 3.63) is 70.7 Å². The first-order valence-electron chi connectivity index (χ1n) is 6.56. The molecule has 0 radical (unpaired) electrons. The molecule has 0 saturated carbocycles. The van der Waals surface area contributed by atoms with E-state index in [0.29, 0.717) is 12.2 Å². The van der Waals surface area contributed by atoms with Gasteiger partial charge >= 0.3 is 0 Å². The maximum atomic E-state index is 13.5. The van der Waals surface area contributed by atoms with Gasteiger partial charge in [0.2, 0.25) is 0 Å². The van der Waals surface area contributed by atoms with E-state index in [4.69, 9.17) is 21.9 Å². The maximum Gasteiger partial charge on any atom is 0.142 e. The average molecular weight is 305 g/mol. The zero-order chi connectivity index (χ0) is 14.8. The number of halogens is 2. The summed E-state index contributed by atoms with van der Waals surface area (Å²) in [7, 11) is 0. The van der Waals surface area contributed by atoms with Gasteiger partial charge in [-0.25, -0.2) is 9.82 Å². The monoisotopic (exact) mass is 304 g/mol. The molecule has 0 fully saturated rings. The Hall–Kier alpha value is -1.88. The summed E-state index contributed by atoms with van der Waals surface area (Å²) in [6.45, 7) is 0. The number of nitrogens with two attached hydrogens (primary N) is 1. The minimum Gasteiger partial charge on any atom is -0.459 e. The molecule has 5 heteroatoms.